The highest BCUT2D eigenvalue weighted by Crippen LogP contribution is 2.44. The van der Waals surface area contributed by atoms with Crippen molar-refractivity contribution in [1.29, 1.82) is 0 Å². The first kappa shape index (κ1) is 25.1. The highest BCUT2D eigenvalue weighted by molar-refractivity contribution is 7.99. The number of carboxylic acids is 1. The molecule has 4 rings (SSSR count). The fourth-order valence-corrected chi connectivity index (χ4v) is 6.21. The molecule has 1 saturated heterocycles. The smallest absolute Gasteiger partial charge is 0.407 e. The number of amides is 2. The van der Waals surface area contributed by atoms with Gasteiger partial charge in [-0.3, -0.25) is 4.79 Å². The molecule has 2 atom stereocenters. The predicted molar refractivity (Wildman–Crippen MR) is 136 cm³/mol. The molecule has 1 heterocycles. The van der Waals surface area contributed by atoms with E-state index in [4.69, 9.17) is 4.74 Å². The number of benzene rings is 2. The number of fused-ring (bicyclic) bond motifs is 3. The minimum Gasteiger partial charge on any atom is -0.480 e. The van der Waals surface area contributed by atoms with E-state index in [9.17, 15) is 19.5 Å². The van der Waals surface area contributed by atoms with E-state index in [0.29, 0.717) is 24.1 Å². The third-order valence-electron chi connectivity index (χ3n) is 6.63. The summed E-state index contributed by atoms with van der Waals surface area (Å²) in [6.45, 7) is 4.67. The molecule has 1 fully saturated rings. The van der Waals surface area contributed by atoms with Gasteiger partial charge in [0.05, 0.1) is 5.88 Å². The zero-order chi connectivity index (χ0) is 24.9. The van der Waals surface area contributed by atoms with Gasteiger partial charge in [0.2, 0.25) is 5.91 Å². The zero-order valence-electron chi connectivity index (χ0n) is 20.1. The molecule has 0 aromatic heterocycles. The lowest BCUT2D eigenvalue weighted by Crippen LogP contribution is -2.43. The van der Waals surface area contributed by atoms with Gasteiger partial charge in [0.1, 0.15) is 12.6 Å². The van der Waals surface area contributed by atoms with Gasteiger partial charge in [-0.15, -0.1) is 11.8 Å². The van der Waals surface area contributed by atoms with Crippen LogP contribution >= 0.6 is 11.8 Å². The van der Waals surface area contributed by atoms with Gasteiger partial charge < -0.3 is 20.1 Å². The first-order valence-electron chi connectivity index (χ1n) is 12.0. The van der Waals surface area contributed by atoms with Crippen LogP contribution < -0.4 is 5.32 Å². The molecule has 2 aromatic rings. The number of carbonyl (C=O) groups is 3. The lowest BCUT2D eigenvalue weighted by Gasteiger charge is -2.25. The van der Waals surface area contributed by atoms with Crippen LogP contribution in [-0.2, 0) is 14.3 Å². The average Bonchev–Trinajstić information content (AvgIpc) is 3.45. The maximum absolute atomic E-state index is 12.8. The molecule has 7 nitrogen and oxygen atoms in total. The fourth-order valence-electron chi connectivity index (χ4n) is 5.04. The van der Waals surface area contributed by atoms with Crippen molar-refractivity contribution in [2.75, 3.05) is 24.8 Å². The van der Waals surface area contributed by atoms with Gasteiger partial charge >= 0.3 is 12.1 Å². The van der Waals surface area contributed by atoms with Crippen molar-refractivity contribution >= 4 is 29.7 Å². The number of alkyl carbamates (subject to hydrolysis) is 1. The Morgan fingerprint density at radius 3 is 2.31 bits per heavy atom. The third kappa shape index (κ3) is 5.81. The van der Waals surface area contributed by atoms with Crippen LogP contribution in [0.3, 0.4) is 0 Å². The molecule has 0 bridgehead atoms. The highest BCUT2D eigenvalue weighted by atomic mass is 32.2. The van der Waals surface area contributed by atoms with Crippen LogP contribution in [0.25, 0.3) is 11.1 Å². The van der Waals surface area contributed by atoms with Crippen molar-refractivity contribution in [1.82, 2.24) is 10.2 Å². The van der Waals surface area contributed by atoms with E-state index in [1.54, 1.807) is 0 Å². The van der Waals surface area contributed by atoms with Gasteiger partial charge in [-0.1, -0.05) is 62.4 Å². The molecule has 0 saturated carbocycles. The quantitative estimate of drug-likeness (QED) is 0.528. The predicted octanol–water partition coefficient (Wildman–Crippen LogP) is 4.56. The maximum Gasteiger partial charge on any atom is 0.407 e. The van der Waals surface area contributed by atoms with Crippen molar-refractivity contribution < 1.29 is 24.2 Å². The highest BCUT2D eigenvalue weighted by Gasteiger charge is 2.35. The number of ether oxygens (including phenoxy) is 1. The lowest BCUT2D eigenvalue weighted by molar-refractivity contribution is -0.148. The molecule has 2 N–H and O–H groups in total. The minimum atomic E-state index is -0.972. The van der Waals surface area contributed by atoms with Gasteiger partial charge in [0.25, 0.3) is 0 Å². The van der Waals surface area contributed by atoms with Crippen LogP contribution in [0.5, 0.6) is 0 Å². The van der Waals surface area contributed by atoms with Crippen molar-refractivity contribution in [3.8, 4) is 11.1 Å². The molecule has 8 heteroatoms. The van der Waals surface area contributed by atoms with Crippen LogP contribution in [0.4, 0.5) is 4.79 Å². The lowest BCUT2D eigenvalue weighted by atomic mass is 9.93. The molecular weight excluding hydrogens is 464 g/mol. The van der Waals surface area contributed by atoms with E-state index < -0.39 is 18.1 Å². The normalized spacial score (nSPS) is 17.7. The Morgan fingerprint density at radius 1 is 1.09 bits per heavy atom. The second-order valence-electron chi connectivity index (χ2n) is 9.62. The van der Waals surface area contributed by atoms with E-state index in [-0.39, 0.29) is 30.8 Å². The summed E-state index contributed by atoms with van der Waals surface area (Å²) in [7, 11) is 0. The van der Waals surface area contributed by atoms with Crippen LogP contribution in [-0.4, -0.2) is 58.8 Å². The summed E-state index contributed by atoms with van der Waals surface area (Å²) < 4.78 is 5.62. The Hall–Kier alpha value is -3.00. The molecule has 0 spiro atoms. The van der Waals surface area contributed by atoms with Crippen LogP contribution in [0, 0.1) is 11.8 Å². The number of aliphatic carboxylic acids is 1. The molecule has 1 aliphatic heterocycles. The standard InChI is InChI=1S/C27H32N2O5S/c1-17(2)11-18(12-25(30)29-16-35-15-24(29)26(31)32)13-28-27(33)34-14-23-21-9-5-3-7-19(21)20-8-4-6-10-22(20)23/h3-10,17-18,23-24H,11-16H2,1-2H3,(H,28,33)(H,31,32). The van der Waals surface area contributed by atoms with Crippen molar-refractivity contribution in [3.63, 3.8) is 0 Å². The van der Waals surface area contributed by atoms with Crippen molar-refractivity contribution in [2.45, 2.75) is 38.6 Å². The minimum absolute atomic E-state index is 0.0122. The summed E-state index contributed by atoms with van der Waals surface area (Å²) in [4.78, 5) is 38.3. The molecule has 0 radical (unpaired) electrons. The molecule has 1 aliphatic carbocycles. The van der Waals surface area contributed by atoms with Crippen LogP contribution in [0.15, 0.2) is 48.5 Å². The number of rotatable bonds is 9. The Kier molecular flexibility index (Phi) is 8.00. The number of thioether (sulfide) groups is 1. The Bertz CT molecular complexity index is 1040. The van der Waals surface area contributed by atoms with Crippen molar-refractivity contribution in [2.24, 2.45) is 11.8 Å². The summed E-state index contributed by atoms with van der Waals surface area (Å²) >= 11 is 1.45. The number of carboxylic acid groups (broad SMARTS) is 1. The summed E-state index contributed by atoms with van der Waals surface area (Å²) in [6.07, 6.45) is 0.438. The SMILES string of the molecule is CC(C)CC(CNC(=O)OCC1c2ccccc2-c2ccccc21)CC(=O)N1CSCC1C(=O)O. The topological polar surface area (TPSA) is 95.9 Å². The third-order valence-corrected chi connectivity index (χ3v) is 7.65. The largest absolute Gasteiger partial charge is 0.480 e. The monoisotopic (exact) mass is 496 g/mol. The number of hydrogen-bond acceptors (Lipinski definition) is 5. The molecule has 2 amide bonds. The van der Waals surface area contributed by atoms with Crippen LogP contribution in [0.2, 0.25) is 0 Å². The van der Waals surface area contributed by atoms with E-state index in [0.717, 1.165) is 17.5 Å². The Labute approximate surface area is 210 Å². The number of carbonyl (C=O) groups excluding carboxylic acids is 2. The molecular formula is C27H32N2O5S. The second-order valence-corrected chi connectivity index (χ2v) is 10.6. The summed E-state index contributed by atoms with van der Waals surface area (Å²) in [5.74, 6) is -0.120. The first-order chi connectivity index (χ1) is 16.8. The van der Waals surface area contributed by atoms with E-state index in [1.807, 2.05) is 24.3 Å². The molecule has 2 aliphatic rings. The van der Waals surface area contributed by atoms with Gasteiger partial charge in [0, 0.05) is 24.6 Å². The molecule has 186 valence electrons. The summed E-state index contributed by atoms with van der Waals surface area (Å²) in [5, 5.41) is 12.2. The van der Waals surface area contributed by atoms with Gasteiger partial charge in [0.15, 0.2) is 0 Å². The van der Waals surface area contributed by atoms with E-state index >= 15 is 0 Å². The number of nitrogens with one attached hydrogen (secondary N) is 1. The zero-order valence-corrected chi connectivity index (χ0v) is 20.9. The summed E-state index contributed by atoms with van der Waals surface area (Å²) in [5.41, 5.74) is 4.65. The number of nitrogens with zero attached hydrogens (tertiary/aromatic N) is 1. The average molecular weight is 497 g/mol. The molecule has 35 heavy (non-hydrogen) atoms. The molecule has 2 unspecified atom stereocenters. The van der Waals surface area contributed by atoms with E-state index in [2.05, 4.69) is 43.4 Å². The van der Waals surface area contributed by atoms with Crippen LogP contribution in [0.1, 0.15) is 43.7 Å². The maximum atomic E-state index is 12.8. The van der Waals surface area contributed by atoms with Gasteiger partial charge in [-0.05, 0) is 40.5 Å². The molecule has 2 aromatic carbocycles. The first-order valence-corrected chi connectivity index (χ1v) is 13.2. The van der Waals surface area contributed by atoms with Gasteiger partial charge in [-0.25, -0.2) is 9.59 Å². The Balaban J connectivity index is 1.33. The Morgan fingerprint density at radius 2 is 1.71 bits per heavy atom. The van der Waals surface area contributed by atoms with Gasteiger partial charge in [-0.2, -0.15) is 0 Å². The number of hydrogen-bond donors (Lipinski definition) is 2. The summed E-state index contributed by atoms with van der Waals surface area (Å²) in [6, 6.07) is 15.6. The second kappa shape index (κ2) is 11.2. The van der Waals surface area contributed by atoms with Crippen molar-refractivity contribution in [3.05, 3.63) is 59.7 Å². The fraction of sp³-hybridized carbons (Fsp3) is 0.444. The van der Waals surface area contributed by atoms with E-state index in [1.165, 1.54) is 27.8 Å².